The molecule has 106 valence electrons. The summed E-state index contributed by atoms with van der Waals surface area (Å²) in [6, 6.07) is 3.94. The monoisotopic (exact) mass is 269 g/mol. The number of rotatable bonds is 4. The van der Waals surface area contributed by atoms with Gasteiger partial charge in [0.15, 0.2) is 11.6 Å². The quantitative estimate of drug-likeness (QED) is 0.908. The van der Waals surface area contributed by atoms with Crippen molar-refractivity contribution in [2.24, 2.45) is 11.8 Å². The Balaban J connectivity index is 1.98. The molecular weight excluding hydrogens is 248 g/mol. The number of benzene rings is 1. The molecule has 1 aromatic rings. The lowest BCUT2D eigenvalue weighted by Gasteiger charge is -2.21. The van der Waals surface area contributed by atoms with Crippen LogP contribution in [0.4, 0.5) is 8.78 Å². The standard InChI is InChI=1S/C15H21F2NO/c1-10(2)11-6-7-18(8-11)9-14(19)12-4-3-5-13(16)15(12)17/h3-5,10-11,14,19H,6-9H2,1-2H3. The van der Waals surface area contributed by atoms with Crippen molar-refractivity contribution in [1.29, 1.82) is 0 Å². The van der Waals surface area contributed by atoms with Crippen LogP contribution in [-0.4, -0.2) is 29.6 Å². The lowest BCUT2D eigenvalue weighted by molar-refractivity contribution is 0.118. The fourth-order valence-corrected chi connectivity index (χ4v) is 2.69. The number of hydrogen-bond acceptors (Lipinski definition) is 2. The molecule has 1 aliphatic heterocycles. The van der Waals surface area contributed by atoms with Crippen molar-refractivity contribution < 1.29 is 13.9 Å². The van der Waals surface area contributed by atoms with Crippen molar-refractivity contribution in [2.45, 2.75) is 26.4 Å². The van der Waals surface area contributed by atoms with Gasteiger partial charge in [0.1, 0.15) is 0 Å². The first-order valence-electron chi connectivity index (χ1n) is 6.83. The summed E-state index contributed by atoms with van der Waals surface area (Å²) in [5.74, 6) is -0.592. The highest BCUT2D eigenvalue weighted by atomic mass is 19.2. The van der Waals surface area contributed by atoms with Gasteiger partial charge >= 0.3 is 0 Å². The zero-order valence-corrected chi connectivity index (χ0v) is 11.4. The third-order valence-corrected chi connectivity index (χ3v) is 4.02. The van der Waals surface area contributed by atoms with E-state index in [-0.39, 0.29) is 5.56 Å². The lowest BCUT2D eigenvalue weighted by atomic mass is 9.95. The number of halogens is 2. The molecule has 1 aliphatic rings. The van der Waals surface area contributed by atoms with Crippen LogP contribution in [0.25, 0.3) is 0 Å². The molecule has 4 heteroatoms. The number of aliphatic hydroxyl groups is 1. The molecule has 1 fully saturated rings. The van der Waals surface area contributed by atoms with E-state index in [0.717, 1.165) is 25.6 Å². The van der Waals surface area contributed by atoms with Crippen LogP contribution < -0.4 is 0 Å². The van der Waals surface area contributed by atoms with E-state index in [1.165, 1.54) is 12.1 Å². The minimum absolute atomic E-state index is 0.0491. The molecule has 0 amide bonds. The zero-order valence-electron chi connectivity index (χ0n) is 11.4. The second-order valence-corrected chi connectivity index (χ2v) is 5.71. The average Bonchev–Trinajstić information content (AvgIpc) is 2.81. The van der Waals surface area contributed by atoms with Gasteiger partial charge in [-0.3, -0.25) is 0 Å². The fourth-order valence-electron chi connectivity index (χ4n) is 2.69. The Kier molecular flexibility index (Phi) is 4.53. The molecule has 2 atom stereocenters. The predicted octanol–water partition coefficient (Wildman–Crippen LogP) is 2.98. The minimum Gasteiger partial charge on any atom is -0.387 e. The van der Waals surface area contributed by atoms with Crippen molar-refractivity contribution in [3.8, 4) is 0 Å². The number of β-amino-alcohol motifs (C(OH)–C–C–N with tert-alkyl or cyclic N) is 1. The maximum absolute atomic E-state index is 13.6. The van der Waals surface area contributed by atoms with Crippen LogP contribution >= 0.6 is 0 Å². The van der Waals surface area contributed by atoms with E-state index in [4.69, 9.17) is 0 Å². The van der Waals surface area contributed by atoms with E-state index < -0.39 is 17.7 Å². The highest BCUT2D eigenvalue weighted by molar-refractivity contribution is 5.21. The molecule has 1 heterocycles. The van der Waals surface area contributed by atoms with E-state index in [2.05, 4.69) is 18.7 Å². The maximum Gasteiger partial charge on any atom is 0.164 e. The van der Waals surface area contributed by atoms with Crippen LogP contribution in [0.1, 0.15) is 31.9 Å². The molecular formula is C15H21F2NO. The van der Waals surface area contributed by atoms with Crippen molar-refractivity contribution in [1.82, 2.24) is 4.90 Å². The van der Waals surface area contributed by atoms with Gasteiger partial charge in [0, 0.05) is 18.7 Å². The molecule has 2 unspecified atom stereocenters. The largest absolute Gasteiger partial charge is 0.387 e. The van der Waals surface area contributed by atoms with E-state index in [1.54, 1.807) is 0 Å². The van der Waals surface area contributed by atoms with Crippen LogP contribution in [0.15, 0.2) is 18.2 Å². The third-order valence-electron chi connectivity index (χ3n) is 4.02. The Morgan fingerprint density at radius 3 is 2.74 bits per heavy atom. The zero-order chi connectivity index (χ0) is 14.0. The smallest absolute Gasteiger partial charge is 0.164 e. The molecule has 2 rings (SSSR count). The topological polar surface area (TPSA) is 23.5 Å². The summed E-state index contributed by atoms with van der Waals surface area (Å²) >= 11 is 0. The summed E-state index contributed by atoms with van der Waals surface area (Å²) in [4.78, 5) is 2.12. The van der Waals surface area contributed by atoms with E-state index in [1.807, 2.05) is 0 Å². The Morgan fingerprint density at radius 2 is 2.11 bits per heavy atom. The molecule has 1 saturated heterocycles. The first-order chi connectivity index (χ1) is 8.99. The van der Waals surface area contributed by atoms with Crippen molar-refractivity contribution in [2.75, 3.05) is 19.6 Å². The Bertz CT molecular complexity index is 436. The molecule has 2 nitrogen and oxygen atoms in total. The average molecular weight is 269 g/mol. The van der Waals surface area contributed by atoms with Crippen molar-refractivity contribution >= 4 is 0 Å². The SMILES string of the molecule is CC(C)C1CCN(CC(O)c2cccc(F)c2F)C1. The predicted molar refractivity (Wildman–Crippen MR) is 70.7 cm³/mol. The first-order valence-corrected chi connectivity index (χ1v) is 6.83. The molecule has 0 spiro atoms. The summed E-state index contributed by atoms with van der Waals surface area (Å²) in [5.41, 5.74) is 0.0491. The Labute approximate surface area is 113 Å². The molecule has 0 bridgehead atoms. The van der Waals surface area contributed by atoms with Gasteiger partial charge in [-0.2, -0.15) is 0 Å². The van der Waals surface area contributed by atoms with Gasteiger partial charge in [0.25, 0.3) is 0 Å². The van der Waals surface area contributed by atoms with E-state index in [0.29, 0.717) is 18.4 Å². The number of hydrogen-bond donors (Lipinski definition) is 1. The van der Waals surface area contributed by atoms with Gasteiger partial charge in [-0.25, -0.2) is 8.78 Å². The van der Waals surface area contributed by atoms with Gasteiger partial charge in [-0.05, 0) is 30.9 Å². The molecule has 19 heavy (non-hydrogen) atoms. The van der Waals surface area contributed by atoms with E-state index in [9.17, 15) is 13.9 Å². The summed E-state index contributed by atoms with van der Waals surface area (Å²) in [6.45, 7) is 6.58. The molecule has 0 saturated carbocycles. The normalized spacial score (nSPS) is 22.1. The van der Waals surface area contributed by atoms with Gasteiger partial charge in [-0.1, -0.05) is 26.0 Å². The van der Waals surface area contributed by atoms with Crippen LogP contribution in [0.2, 0.25) is 0 Å². The number of likely N-dealkylation sites (tertiary alicyclic amines) is 1. The van der Waals surface area contributed by atoms with Gasteiger partial charge in [0.05, 0.1) is 6.10 Å². The van der Waals surface area contributed by atoms with E-state index >= 15 is 0 Å². The molecule has 1 aromatic carbocycles. The van der Waals surface area contributed by atoms with Crippen molar-refractivity contribution in [3.05, 3.63) is 35.4 Å². The summed E-state index contributed by atoms with van der Waals surface area (Å²) < 4.78 is 26.7. The summed E-state index contributed by atoms with van der Waals surface area (Å²) in [6.07, 6.45) is 0.136. The number of nitrogens with zero attached hydrogens (tertiary/aromatic N) is 1. The third kappa shape index (κ3) is 3.31. The van der Waals surface area contributed by atoms with Crippen LogP contribution in [-0.2, 0) is 0 Å². The van der Waals surface area contributed by atoms with Gasteiger partial charge in [0.2, 0.25) is 0 Å². The molecule has 1 N–H and O–H groups in total. The van der Waals surface area contributed by atoms with Crippen molar-refractivity contribution in [3.63, 3.8) is 0 Å². The van der Waals surface area contributed by atoms with Gasteiger partial charge in [-0.15, -0.1) is 0 Å². The molecule has 0 radical (unpaired) electrons. The Morgan fingerprint density at radius 1 is 1.37 bits per heavy atom. The van der Waals surface area contributed by atoms with Crippen LogP contribution in [0, 0.1) is 23.5 Å². The minimum atomic E-state index is -0.971. The fraction of sp³-hybridized carbons (Fsp3) is 0.600. The molecule has 0 aromatic heterocycles. The summed E-state index contributed by atoms with van der Waals surface area (Å²) in [7, 11) is 0. The highest BCUT2D eigenvalue weighted by Crippen LogP contribution is 2.26. The first kappa shape index (κ1) is 14.4. The van der Waals surface area contributed by atoms with Gasteiger partial charge < -0.3 is 10.0 Å². The lowest BCUT2D eigenvalue weighted by Crippen LogP contribution is -2.27. The van der Waals surface area contributed by atoms with Crippen LogP contribution in [0.3, 0.4) is 0 Å². The second-order valence-electron chi connectivity index (χ2n) is 5.71. The summed E-state index contributed by atoms with van der Waals surface area (Å²) in [5, 5.41) is 10.1. The second kappa shape index (κ2) is 5.97. The highest BCUT2D eigenvalue weighted by Gasteiger charge is 2.27. The maximum atomic E-state index is 13.6. The Hall–Kier alpha value is -1.00. The molecule has 0 aliphatic carbocycles. The number of aliphatic hydroxyl groups excluding tert-OH is 1. The van der Waals surface area contributed by atoms with Crippen LogP contribution in [0.5, 0.6) is 0 Å².